The highest BCUT2D eigenvalue weighted by molar-refractivity contribution is 5.39. The van der Waals surface area contributed by atoms with E-state index < -0.39 is 6.10 Å². The summed E-state index contributed by atoms with van der Waals surface area (Å²) in [6, 6.07) is 6.22. The molecule has 0 radical (unpaired) electrons. The Kier molecular flexibility index (Phi) is 4.48. The Morgan fingerprint density at radius 3 is 2.79 bits per heavy atom. The molecule has 3 nitrogen and oxygen atoms in total. The first-order valence-electron chi connectivity index (χ1n) is 7.08. The summed E-state index contributed by atoms with van der Waals surface area (Å²) in [7, 11) is 3.79. The molecular formula is C16H25NO2. The minimum Gasteiger partial charge on any atom is -0.497 e. The van der Waals surface area contributed by atoms with Crippen molar-refractivity contribution in [1.29, 1.82) is 0 Å². The fraction of sp³-hybridized carbons (Fsp3) is 0.625. The second-order valence-electron chi connectivity index (χ2n) is 5.95. The molecule has 0 spiro atoms. The lowest BCUT2D eigenvalue weighted by molar-refractivity contribution is 0.0446. The van der Waals surface area contributed by atoms with Crippen molar-refractivity contribution >= 4 is 0 Å². The lowest BCUT2D eigenvalue weighted by atomic mass is 9.85. The van der Waals surface area contributed by atoms with Crippen LogP contribution < -0.4 is 4.74 Å². The number of hydrogen-bond donors (Lipinski definition) is 1. The molecule has 2 unspecified atom stereocenters. The maximum Gasteiger partial charge on any atom is 0.119 e. The van der Waals surface area contributed by atoms with E-state index in [-0.39, 0.29) is 6.04 Å². The topological polar surface area (TPSA) is 32.7 Å². The van der Waals surface area contributed by atoms with Gasteiger partial charge in [-0.2, -0.15) is 0 Å². The first-order chi connectivity index (χ1) is 9.02. The van der Waals surface area contributed by atoms with Gasteiger partial charge in [-0.3, -0.25) is 0 Å². The van der Waals surface area contributed by atoms with E-state index in [9.17, 15) is 5.11 Å². The molecule has 0 heterocycles. The van der Waals surface area contributed by atoms with Gasteiger partial charge in [-0.05, 0) is 49.1 Å². The minimum absolute atomic E-state index is 0.225. The number of methoxy groups -OCH3 is 1. The van der Waals surface area contributed by atoms with E-state index in [2.05, 4.69) is 31.9 Å². The van der Waals surface area contributed by atoms with Crippen LogP contribution in [0.15, 0.2) is 18.2 Å². The second-order valence-corrected chi connectivity index (χ2v) is 5.95. The number of ether oxygens (including phenoxy) is 1. The Bertz CT molecular complexity index is 431. The van der Waals surface area contributed by atoms with Gasteiger partial charge >= 0.3 is 0 Å². The molecule has 1 aromatic carbocycles. The molecule has 0 amide bonds. The van der Waals surface area contributed by atoms with Gasteiger partial charge in [-0.15, -0.1) is 0 Å². The van der Waals surface area contributed by atoms with Crippen molar-refractivity contribution in [1.82, 2.24) is 4.90 Å². The van der Waals surface area contributed by atoms with E-state index in [0.717, 1.165) is 30.7 Å². The molecule has 1 aromatic rings. The summed E-state index contributed by atoms with van der Waals surface area (Å²) in [5.74, 6) is 1.49. The maximum absolute atomic E-state index is 10.6. The quantitative estimate of drug-likeness (QED) is 0.906. The van der Waals surface area contributed by atoms with E-state index in [0.29, 0.717) is 5.92 Å². The first-order valence-corrected chi connectivity index (χ1v) is 7.08. The maximum atomic E-state index is 10.6. The van der Waals surface area contributed by atoms with Crippen LogP contribution in [0.5, 0.6) is 5.75 Å². The number of hydrogen-bond acceptors (Lipinski definition) is 3. The largest absolute Gasteiger partial charge is 0.497 e. The molecule has 3 heteroatoms. The Morgan fingerprint density at radius 1 is 1.42 bits per heavy atom. The highest BCUT2D eigenvalue weighted by atomic mass is 16.5. The highest BCUT2D eigenvalue weighted by Crippen LogP contribution is 2.34. The van der Waals surface area contributed by atoms with Crippen molar-refractivity contribution in [2.45, 2.75) is 38.8 Å². The van der Waals surface area contributed by atoms with Crippen LogP contribution in [-0.4, -0.2) is 36.8 Å². The summed E-state index contributed by atoms with van der Waals surface area (Å²) in [5, 5.41) is 10.6. The predicted octanol–water partition coefficient (Wildman–Crippen LogP) is 2.63. The van der Waals surface area contributed by atoms with Crippen LogP contribution in [0, 0.1) is 5.92 Å². The van der Waals surface area contributed by atoms with Crippen LogP contribution in [0.2, 0.25) is 0 Å². The summed E-state index contributed by atoms with van der Waals surface area (Å²) in [6.45, 7) is 5.45. The van der Waals surface area contributed by atoms with Crippen LogP contribution >= 0.6 is 0 Å². The first kappa shape index (κ1) is 14.4. The van der Waals surface area contributed by atoms with Crippen LogP contribution in [0.25, 0.3) is 0 Å². The van der Waals surface area contributed by atoms with Gasteiger partial charge in [0.15, 0.2) is 0 Å². The minimum atomic E-state index is -0.390. The van der Waals surface area contributed by atoms with Crippen molar-refractivity contribution in [3.63, 3.8) is 0 Å². The number of fused-ring (bicyclic) bond motifs is 1. The van der Waals surface area contributed by atoms with Crippen molar-refractivity contribution in [3.8, 4) is 5.75 Å². The van der Waals surface area contributed by atoms with Gasteiger partial charge in [-0.1, -0.05) is 19.9 Å². The standard InChI is InChI=1S/C16H25NO2/c1-11(2)10-17(3)15-8-5-12-9-13(19-4)6-7-14(12)16(15)18/h6-7,9,11,15-16,18H,5,8,10H2,1-4H3. The SMILES string of the molecule is COc1ccc2c(c1)CCC(N(C)CC(C)C)C2O. The van der Waals surface area contributed by atoms with Crippen molar-refractivity contribution < 1.29 is 9.84 Å². The summed E-state index contributed by atoms with van der Waals surface area (Å²) in [6.07, 6.45) is 1.62. The molecule has 0 fully saturated rings. The van der Waals surface area contributed by atoms with Crippen molar-refractivity contribution in [3.05, 3.63) is 29.3 Å². The molecule has 106 valence electrons. The van der Waals surface area contributed by atoms with Gasteiger partial charge in [0.25, 0.3) is 0 Å². The van der Waals surface area contributed by atoms with E-state index in [1.807, 2.05) is 12.1 Å². The second kappa shape index (κ2) is 5.93. The van der Waals surface area contributed by atoms with Crippen LogP contribution in [-0.2, 0) is 6.42 Å². The smallest absolute Gasteiger partial charge is 0.119 e. The molecule has 0 aromatic heterocycles. The molecule has 2 rings (SSSR count). The molecule has 0 bridgehead atoms. The van der Waals surface area contributed by atoms with Crippen LogP contribution in [0.1, 0.15) is 37.5 Å². The van der Waals surface area contributed by atoms with E-state index in [4.69, 9.17) is 4.74 Å². The van der Waals surface area contributed by atoms with Crippen LogP contribution in [0.3, 0.4) is 0 Å². The average Bonchev–Trinajstić information content (AvgIpc) is 2.37. The zero-order valence-corrected chi connectivity index (χ0v) is 12.4. The third-order valence-corrected chi connectivity index (χ3v) is 3.96. The van der Waals surface area contributed by atoms with E-state index in [1.54, 1.807) is 7.11 Å². The van der Waals surface area contributed by atoms with Crippen molar-refractivity contribution in [2.75, 3.05) is 20.7 Å². The van der Waals surface area contributed by atoms with Gasteiger partial charge in [0.05, 0.1) is 13.2 Å². The highest BCUT2D eigenvalue weighted by Gasteiger charge is 2.30. The Morgan fingerprint density at radius 2 is 2.16 bits per heavy atom. The number of benzene rings is 1. The summed E-state index contributed by atoms with van der Waals surface area (Å²) in [5.41, 5.74) is 2.29. The number of aliphatic hydroxyl groups excluding tert-OH is 1. The predicted molar refractivity (Wildman–Crippen MR) is 77.5 cm³/mol. The van der Waals surface area contributed by atoms with Gasteiger partial charge in [0.1, 0.15) is 5.75 Å². The lowest BCUT2D eigenvalue weighted by Gasteiger charge is -2.37. The summed E-state index contributed by atoms with van der Waals surface area (Å²) in [4.78, 5) is 2.29. The molecule has 0 aliphatic heterocycles. The van der Waals surface area contributed by atoms with Crippen LogP contribution in [0.4, 0.5) is 0 Å². The monoisotopic (exact) mass is 263 g/mol. The summed E-state index contributed by atoms with van der Waals surface area (Å²) >= 11 is 0. The third-order valence-electron chi connectivity index (χ3n) is 3.96. The van der Waals surface area contributed by atoms with E-state index >= 15 is 0 Å². The van der Waals surface area contributed by atoms with E-state index in [1.165, 1.54) is 5.56 Å². The molecule has 1 N–H and O–H groups in total. The zero-order chi connectivity index (χ0) is 14.0. The number of nitrogens with zero attached hydrogens (tertiary/aromatic N) is 1. The number of aliphatic hydroxyl groups is 1. The molecule has 0 saturated carbocycles. The number of likely N-dealkylation sites (N-methyl/N-ethyl adjacent to an activating group) is 1. The Balaban J connectivity index is 2.17. The fourth-order valence-corrected chi connectivity index (χ4v) is 3.06. The average molecular weight is 263 g/mol. The third kappa shape index (κ3) is 3.10. The summed E-state index contributed by atoms with van der Waals surface area (Å²) < 4.78 is 5.25. The molecule has 1 aliphatic carbocycles. The Hall–Kier alpha value is -1.06. The van der Waals surface area contributed by atoms with Crippen molar-refractivity contribution in [2.24, 2.45) is 5.92 Å². The normalized spacial score (nSPS) is 22.7. The molecule has 1 aliphatic rings. The number of aryl methyl sites for hydroxylation is 1. The van der Waals surface area contributed by atoms with Gasteiger partial charge in [-0.25, -0.2) is 0 Å². The number of rotatable bonds is 4. The molecule has 0 saturated heterocycles. The molecular weight excluding hydrogens is 238 g/mol. The molecule has 19 heavy (non-hydrogen) atoms. The van der Waals surface area contributed by atoms with Gasteiger partial charge < -0.3 is 14.7 Å². The Labute approximate surface area is 116 Å². The van der Waals surface area contributed by atoms with Gasteiger partial charge in [0.2, 0.25) is 0 Å². The van der Waals surface area contributed by atoms with Gasteiger partial charge in [0, 0.05) is 12.6 Å². The fourth-order valence-electron chi connectivity index (χ4n) is 3.06. The zero-order valence-electron chi connectivity index (χ0n) is 12.4. The lowest BCUT2D eigenvalue weighted by Crippen LogP contribution is -2.41. The molecule has 2 atom stereocenters.